The molecule has 0 aliphatic carbocycles. The molecule has 25 heavy (non-hydrogen) atoms. The van der Waals surface area contributed by atoms with Gasteiger partial charge in [-0.2, -0.15) is 47.0 Å². The van der Waals surface area contributed by atoms with Gasteiger partial charge in [-0.1, -0.05) is 19.8 Å². The molecule has 0 aromatic rings. The first-order valence-corrected chi connectivity index (χ1v) is 14.1. The summed E-state index contributed by atoms with van der Waals surface area (Å²) >= 11 is 8.11. The Kier molecular flexibility index (Phi) is 16.2. The fraction of sp³-hybridized carbons (Fsp3) is 0.944. The summed E-state index contributed by atoms with van der Waals surface area (Å²) in [6.07, 6.45) is 4.21. The predicted molar refractivity (Wildman–Crippen MR) is 121 cm³/mol. The first kappa shape index (κ1) is 23.9. The summed E-state index contributed by atoms with van der Waals surface area (Å²) in [7, 11) is 0. The van der Waals surface area contributed by atoms with Crippen LogP contribution in [-0.4, -0.2) is 70.7 Å². The average molecular weight is 426 g/mol. The van der Waals surface area contributed by atoms with Gasteiger partial charge in [0, 0.05) is 41.1 Å². The van der Waals surface area contributed by atoms with Crippen molar-refractivity contribution in [3.05, 3.63) is 0 Å². The zero-order valence-corrected chi connectivity index (χ0v) is 19.1. The zero-order chi connectivity index (χ0) is 18.2. The Morgan fingerprint density at radius 3 is 2.16 bits per heavy atom. The summed E-state index contributed by atoms with van der Waals surface area (Å²) in [4.78, 5) is 12.3. The number of hydrogen-bond acceptors (Lipinski definition) is 6. The molecule has 7 heteroatoms. The van der Waals surface area contributed by atoms with E-state index < -0.39 is 0 Å². The smallest absolute Gasteiger partial charge is 0.249 e. The summed E-state index contributed by atoms with van der Waals surface area (Å²) < 4.78 is 6.30. The maximum atomic E-state index is 12.3. The van der Waals surface area contributed by atoms with Crippen LogP contribution in [0.3, 0.4) is 0 Å². The summed E-state index contributed by atoms with van der Waals surface area (Å²) in [6.45, 7) is 4.81. The van der Waals surface area contributed by atoms with Crippen LogP contribution < -0.4 is 5.32 Å². The van der Waals surface area contributed by atoms with E-state index in [0.29, 0.717) is 6.54 Å². The quantitative estimate of drug-likeness (QED) is 0.651. The second-order valence-corrected chi connectivity index (χ2v) is 10.8. The van der Waals surface area contributed by atoms with Crippen molar-refractivity contribution in [2.45, 2.75) is 51.7 Å². The van der Waals surface area contributed by atoms with Crippen LogP contribution in [0.2, 0.25) is 0 Å². The van der Waals surface area contributed by atoms with E-state index in [1.54, 1.807) is 0 Å². The van der Waals surface area contributed by atoms with Crippen LogP contribution in [0.5, 0.6) is 0 Å². The molecule has 1 atom stereocenters. The normalized spacial score (nSPS) is 20.6. The van der Waals surface area contributed by atoms with Crippen LogP contribution in [-0.2, 0) is 9.53 Å². The summed E-state index contributed by atoms with van der Waals surface area (Å²) in [5.74, 6) is 9.47. The number of carbonyl (C=O) groups is 1. The van der Waals surface area contributed by atoms with Gasteiger partial charge in [-0.3, -0.25) is 4.79 Å². The first-order valence-electron chi connectivity index (χ1n) is 9.52. The van der Waals surface area contributed by atoms with Crippen molar-refractivity contribution < 1.29 is 9.53 Å². The molecule has 1 rings (SSSR count). The lowest BCUT2D eigenvalue weighted by Gasteiger charge is -2.24. The van der Waals surface area contributed by atoms with E-state index in [0.717, 1.165) is 30.8 Å². The number of carbonyl (C=O) groups excluding carboxylic acids is 1. The van der Waals surface area contributed by atoms with Gasteiger partial charge in [0.1, 0.15) is 6.10 Å². The van der Waals surface area contributed by atoms with Crippen LogP contribution in [0.15, 0.2) is 0 Å². The highest BCUT2D eigenvalue weighted by Crippen LogP contribution is 2.20. The Bertz CT molecular complexity index is 320. The van der Waals surface area contributed by atoms with Crippen molar-refractivity contribution in [2.75, 3.05) is 52.6 Å². The number of amides is 1. The second kappa shape index (κ2) is 17.0. The summed E-state index contributed by atoms with van der Waals surface area (Å²) in [5, 5.41) is 2.94. The van der Waals surface area contributed by atoms with Crippen LogP contribution >= 0.6 is 47.0 Å². The third kappa shape index (κ3) is 12.8. The van der Waals surface area contributed by atoms with Gasteiger partial charge < -0.3 is 10.1 Å². The number of thioether (sulfide) groups is 4. The Labute approximate surface area is 171 Å². The van der Waals surface area contributed by atoms with E-state index in [1.165, 1.54) is 40.9 Å². The molecule has 0 bridgehead atoms. The van der Waals surface area contributed by atoms with E-state index in [2.05, 4.69) is 35.8 Å². The van der Waals surface area contributed by atoms with Crippen molar-refractivity contribution in [2.24, 2.45) is 0 Å². The molecule has 1 saturated heterocycles. The minimum absolute atomic E-state index is 0.0662. The van der Waals surface area contributed by atoms with Crippen molar-refractivity contribution in [1.29, 1.82) is 0 Å². The van der Waals surface area contributed by atoms with Crippen molar-refractivity contribution in [3.63, 3.8) is 0 Å². The van der Waals surface area contributed by atoms with Gasteiger partial charge in [-0.05, 0) is 31.3 Å². The molecule has 0 aromatic carbocycles. The van der Waals surface area contributed by atoms with Gasteiger partial charge in [-0.15, -0.1) is 0 Å². The molecular weight excluding hydrogens is 390 g/mol. The molecule has 1 fully saturated rings. The summed E-state index contributed by atoms with van der Waals surface area (Å²) in [5.41, 5.74) is 0. The highest BCUT2D eigenvalue weighted by molar-refractivity contribution is 8.04. The number of rotatable bonds is 7. The topological polar surface area (TPSA) is 38.3 Å². The van der Waals surface area contributed by atoms with Crippen LogP contribution in [0.1, 0.15) is 39.5 Å². The highest BCUT2D eigenvalue weighted by Gasteiger charge is 2.23. The molecule has 1 amide bonds. The van der Waals surface area contributed by atoms with Gasteiger partial charge in [0.05, 0.1) is 6.10 Å². The Morgan fingerprint density at radius 2 is 1.60 bits per heavy atom. The van der Waals surface area contributed by atoms with Crippen molar-refractivity contribution in [3.8, 4) is 0 Å². The van der Waals surface area contributed by atoms with Crippen LogP contribution in [0, 0.1) is 0 Å². The van der Waals surface area contributed by atoms with Crippen molar-refractivity contribution in [1.82, 2.24) is 5.32 Å². The Hall–Kier alpha value is 0.830. The fourth-order valence-corrected chi connectivity index (χ4v) is 7.00. The van der Waals surface area contributed by atoms with Gasteiger partial charge in [0.2, 0.25) is 5.91 Å². The monoisotopic (exact) mass is 425 g/mol. The lowest BCUT2D eigenvalue weighted by atomic mass is 10.1. The average Bonchev–Trinajstić information content (AvgIpc) is 2.61. The molecule has 0 saturated carbocycles. The van der Waals surface area contributed by atoms with E-state index in [9.17, 15) is 4.79 Å². The molecule has 1 aliphatic rings. The standard InChI is InChI=1S/C18H35NO2S4/c1-3-5-7-17(18(20)19-4-2)21-16-14-24-12-10-22-8-6-9-23-11-13-25-15-16/h16-17H,3-15H2,1-2H3,(H,19,20). The molecule has 1 N–H and O–H groups in total. The zero-order valence-electron chi connectivity index (χ0n) is 15.8. The maximum Gasteiger partial charge on any atom is 0.249 e. The predicted octanol–water partition coefficient (Wildman–Crippen LogP) is 4.40. The maximum absolute atomic E-state index is 12.3. The Balaban J connectivity index is 2.51. The van der Waals surface area contributed by atoms with Crippen molar-refractivity contribution >= 4 is 53.0 Å². The molecule has 0 aromatic heterocycles. The number of hydrogen-bond donors (Lipinski definition) is 1. The number of unbranched alkanes of at least 4 members (excludes halogenated alkanes) is 1. The summed E-state index contributed by atoms with van der Waals surface area (Å²) in [6, 6.07) is 0. The number of likely N-dealkylation sites (N-methyl/N-ethyl adjacent to an activating group) is 1. The van der Waals surface area contributed by atoms with E-state index in [4.69, 9.17) is 4.74 Å². The molecule has 1 unspecified atom stereocenters. The van der Waals surface area contributed by atoms with E-state index in [-0.39, 0.29) is 18.1 Å². The molecule has 148 valence electrons. The van der Waals surface area contributed by atoms with Crippen LogP contribution in [0.25, 0.3) is 0 Å². The highest BCUT2D eigenvalue weighted by atomic mass is 32.2. The number of nitrogens with one attached hydrogen (secondary N) is 1. The second-order valence-electron chi connectivity index (χ2n) is 6.01. The molecule has 3 nitrogen and oxygen atoms in total. The third-order valence-electron chi connectivity index (χ3n) is 3.75. The molecule has 1 aliphatic heterocycles. The molecular formula is C18H35NO2S4. The largest absolute Gasteiger partial charge is 0.363 e. The Morgan fingerprint density at radius 1 is 1.00 bits per heavy atom. The van der Waals surface area contributed by atoms with E-state index >= 15 is 0 Å². The SMILES string of the molecule is CCCCC(OC1CSCCSCCCSCCSC1)C(=O)NCC. The lowest BCUT2D eigenvalue weighted by Crippen LogP contribution is -2.40. The van der Waals surface area contributed by atoms with Gasteiger partial charge in [0.25, 0.3) is 0 Å². The third-order valence-corrected chi connectivity index (χ3v) is 8.61. The molecule has 1 heterocycles. The minimum atomic E-state index is -0.284. The lowest BCUT2D eigenvalue weighted by molar-refractivity contribution is -0.135. The van der Waals surface area contributed by atoms with E-state index in [1.807, 2.05) is 30.4 Å². The van der Waals surface area contributed by atoms with Crippen LogP contribution in [0.4, 0.5) is 0 Å². The van der Waals surface area contributed by atoms with Gasteiger partial charge >= 0.3 is 0 Å². The van der Waals surface area contributed by atoms with Gasteiger partial charge in [-0.25, -0.2) is 0 Å². The van der Waals surface area contributed by atoms with Gasteiger partial charge in [0.15, 0.2) is 0 Å². The molecule has 0 spiro atoms. The number of ether oxygens (including phenoxy) is 1. The fourth-order valence-electron chi connectivity index (χ4n) is 2.43. The molecule has 0 radical (unpaired) electrons. The minimum Gasteiger partial charge on any atom is -0.363 e. The first-order chi connectivity index (χ1) is 12.3.